The van der Waals surface area contributed by atoms with Crippen LogP contribution in [-0.4, -0.2) is 27.6 Å². The minimum Gasteiger partial charge on any atom is -0.497 e. The van der Waals surface area contributed by atoms with Crippen molar-refractivity contribution in [3.05, 3.63) is 71.8 Å². The van der Waals surface area contributed by atoms with Crippen LogP contribution in [0.25, 0.3) is 11.1 Å². The lowest BCUT2D eigenvalue weighted by Gasteiger charge is -2.16. The molecule has 160 valence electrons. The Morgan fingerprint density at radius 3 is 1.20 bits per heavy atom. The summed E-state index contributed by atoms with van der Waals surface area (Å²) >= 11 is 35.8. The van der Waals surface area contributed by atoms with Crippen molar-refractivity contribution in [3.8, 4) is 11.5 Å². The molecule has 0 unspecified atom stereocenters. The fraction of sp³-hybridized carbons (Fsp3) is 0.190. The molecule has 0 aliphatic rings. The topological polar surface area (TPSA) is 35.5 Å². The van der Waals surface area contributed by atoms with Crippen molar-refractivity contribution >= 4 is 86.5 Å². The predicted molar refractivity (Wildman–Crippen MR) is 128 cm³/mol. The Morgan fingerprint density at radius 2 is 0.967 bits per heavy atom. The molecule has 2 aromatic rings. The number of allylic oxidation sites excluding steroid dienone is 4. The number of halogens is 6. The second-order valence-electron chi connectivity index (χ2n) is 5.99. The molecule has 2 aromatic carbocycles. The van der Waals surface area contributed by atoms with Crippen LogP contribution in [0, 0.1) is 0 Å². The molecular formula is C21H16Cl6O3. The van der Waals surface area contributed by atoms with E-state index < -0.39 is 13.4 Å². The van der Waals surface area contributed by atoms with Gasteiger partial charge in [0.2, 0.25) is 7.59 Å². The van der Waals surface area contributed by atoms with Gasteiger partial charge in [-0.05, 0) is 47.5 Å². The van der Waals surface area contributed by atoms with Gasteiger partial charge < -0.3 is 9.47 Å². The number of benzene rings is 2. The number of carbonyl (C=O) groups is 1. The first-order valence-corrected chi connectivity index (χ1v) is 10.6. The normalized spacial score (nSPS) is 13.2. The van der Waals surface area contributed by atoms with Crippen LogP contribution in [0.2, 0.25) is 0 Å². The average molecular weight is 529 g/mol. The summed E-state index contributed by atoms with van der Waals surface area (Å²) in [5.41, 5.74) is 1.23. The summed E-state index contributed by atoms with van der Waals surface area (Å²) in [4.78, 5) is 13.6. The molecule has 0 saturated carbocycles. The van der Waals surface area contributed by atoms with Crippen molar-refractivity contribution < 1.29 is 14.3 Å². The molecule has 9 heteroatoms. The SMILES string of the molecule is COc1ccc(/C(=C\C(Cl)(Cl)Cl)C(=O)/C(=C/C(Cl)(Cl)Cl)c2ccc(OC)cc2)cc1. The molecule has 0 amide bonds. The lowest BCUT2D eigenvalue weighted by Crippen LogP contribution is -2.11. The van der Waals surface area contributed by atoms with Gasteiger partial charge >= 0.3 is 0 Å². The van der Waals surface area contributed by atoms with Gasteiger partial charge in [-0.1, -0.05) is 93.9 Å². The van der Waals surface area contributed by atoms with Crippen molar-refractivity contribution in [1.82, 2.24) is 0 Å². The van der Waals surface area contributed by atoms with E-state index in [9.17, 15) is 4.79 Å². The Balaban J connectivity index is 2.64. The van der Waals surface area contributed by atoms with Crippen LogP contribution in [0.1, 0.15) is 11.1 Å². The lowest BCUT2D eigenvalue weighted by atomic mass is 9.92. The van der Waals surface area contributed by atoms with Gasteiger partial charge in [0, 0.05) is 11.1 Å². The monoisotopic (exact) mass is 526 g/mol. The molecule has 30 heavy (non-hydrogen) atoms. The highest BCUT2D eigenvalue weighted by atomic mass is 35.6. The minimum absolute atomic E-state index is 0.119. The molecule has 0 spiro atoms. The van der Waals surface area contributed by atoms with Gasteiger partial charge in [0.15, 0.2) is 5.78 Å². The molecule has 0 aliphatic heterocycles. The molecule has 0 atom stereocenters. The molecule has 0 fully saturated rings. The van der Waals surface area contributed by atoms with Crippen LogP contribution < -0.4 is 9.47 Å². The Kier molecular flexibility index (Phi) is 8.81. The van der Waals surface area contributed by atoms with Gasteiger partial charge in [-0.3, -0.25) is 4.79 Å². The average Bonchev–Trinajstić information content (AvgIpc) is 2.69. The molecule has 0 radical (unpaired) electrons. The van der Waals surface area contributed by atoms with Crippen LogP contribution >= 0.6 is 69.6 Å². The van der Waals surface area contributed by atoms with E-state index >= 15 is 0 Å². The maximum absolute atomic E-state index is 13.6. The fourth-order valence-corrected chi connectivity index (χ4v) is 3.23. The van der Waals surface area contributed by atoms with Crippen molar-refractivity contribution in [3.63, 3.8) is 0 Å². The maximum atomic E-state index is 13.6. The highest BCUT2D eigenvalue weighted by Crippen LogP contribution is 2.37. The van der Waals surface area contributed by atoms with Gasteiger partial charge in [0.25, 0.3) is 0 Å². The molecule has 0 N–H and O–H groups in total. The van der Waals surface area contributed by atoms with E-state index in [1.165, 1.54) is 26.4 Å². The molecule has 3 nitrogen and oxygen atoms in total. The Bertz CT molecular complexity index is 859. The van der Waals surface area contributed by atoms with Crippen LogP contribution in [0.3, 0.4) is 0 Å². The summed E-state index contributed by atoms with van der Waals surface area (Å²) in [5.74, 6) is 0.710. The predicted octanol–water partition coefficient (Wildman–Crippen LogP) is 7.48. The number of rotatable bonds is 6. The number of ether oxygens (including phenoxy) is 2. The van der Waals surface area contributed by atoms with E-state index in [0.717, 1.165) is 0 Å². The third kappa shape index (κ3) is 7.56. The van der Waals surface area contributed by atoms with Gasteiger partial charge in [-0.2, -0.15) is 0 Å². The van der Waals surface area contributed by atoms with E-state index in [1.54, 1.807) is 48.5 Å². The molecule has 0 saturated heterocycles. The Morgan fingerprint density at radius 1 is 0.667 bits per heavy atom. The van der Waals surface area contributed by atoms with Gasteiger partial charge in [-0.15, -0.1) is 0 Å². The molecule has 0 heterocycles. The number of hydrogen-bond acceptors (Lipinski definition) is 3. The van der Waals surface area contributed by atoms with Crippen molar-refractivity contribution in [1.29, 1.82) is 0 Å². The molecule has 0 aromatic heterocycles. The van der Waals surface area contributed by atoms with Crippen LogP contribution in [0.4, 0.5) is 0 Å². The number of alkyl halides is 6. The summed E-state index contributed by atoms with van der Waals surface area (Å²) in [6.07, 6.45) is 2.44. The Hall–Kier alpha value is -1.07. The standard InChI is InChI=1S/C21H16Cl6O3/c1-29-15-7-3-13(4-8-15)17(11-20(22,23)24)19(28)18(12-21(25,26)27)14-5-9-16(30-2)10-6-14/h3-12H,1-2H3/b17-11+,18-12+. The third-order valence-electron chi connectivity index (χ3n) is 3.91. The minimum atomic E-state index is -1.84. The molecule has 0 bridgehead atoms. The summed E-state index contributed by atoms with van der Waals surface area (Å²) in [7, 11) is 3.06. The van der Waals surface area contributed by atoms with Crippen molar-refractivity contribution in [2.24, 2.45) is 0 Å². The van der Waals surface area contributed by atoms with Crippen LogP contribution in [0.5, 0.6) is 11.5 Å². The lowest BCUT2D eigenvalue weighted by molar-refractivity contribution is -0.108. The highest BCUT2D eigenvalue weighted by molar-refractivity contribution is 6.70. The van der Waals surface area contributed by atoms with E-state index in [-0.39, 0.29) is 11.1 Å². The first-order valence-electron chi connectivity index (χ1n) is 8.36. The Labute approximate surface area is 205 Å². The zero-order valence-corrected chi connectivity index (χ0v) is 20.3. The van der Waals surface area contributed by atoms with Crippen molar-refractivity contribution in [2.45, 2.75) is 7.59 Å². The van der Waals surface area contributed by atoms with Gasteiger partial charge in [0.1, 0.15) is 11.5 Å². The zero-order chi connectivity index (χ0) is 22.5. The number of carbonyl (C=O) groups excluding carboxylic acids is 1. The van der Waals surface area contributed by atoms with E-state index in [2.05, 4.69) is 0 Å². The first-order chi connectivity index (χ1) is 13.9. The number of hydrogen-bond donors (Lipinski definition) is 0. The largest absolute Gasteiger partial charge is 0.497 e. The van der Waals surface area contributed by atoms with E-state index in [1.807, 2.05) is 0 Å². The summed E-state index contributed by atoms with van der Waals surface area (Å²) in [5, 5.41) is 0. The number of methoxy groups -OCH3 is 2. The maximum Gasteiger partial charge on any atom is 0.210 e. The van der Waals surface area contributed by atoms with E-state index in [4.69, 9.17) is 79.1 Å². The molecule has 0 aliphatic carbocycles. The van der Waals surface area contributed by atoms with Crippen LogP contribution in [0.15, 0.2) is 60.7 Å². The second-order valence-corrected chi connectivity index (χ2v) is 10.7. The van der Waals surface area contributed by atoms with Gasteiger partial charge in [-0.25, -0.2) is 0 Å². The number of Topliss-reactive ketones (excluding diaryl/α,β-unsaturated/α-hetero) is 1. The first kappa shape index (κ1) is 25.2. The summed E-state index contributed by atoms with van der Waals surface area (Å²) in [6, 6.07) is 13.4. The highest BCUT2D eigenvalue weighted by Gasteiger charge is 2.27. The summed E-state index contributed by atoms with van der Waals surface area (Å²) < 4.78 is 6.64. The second kappa shape index (κ2) is 10.5. The zero-order valence-electron chi connectivity index (χ0n) is 15.8. The quantitative estimate of drug-likeness (QED) is 0.288. The molecule has 2 rings (SSSR count). The fourth-order valence-electron chi connectivity index (χ4n) is 2.57. The third-order valence-corrected chi connectivity index (χ3v) is 4.56. The van der Waals surface area contributed by atoms with Gasteiger partial charge in [0.05, 0.1) is 14.2 Å². The summed E-state index contributed by atoms with van der Waals surface area (Å²) in [6.45, 7) is 0. The van der Waals surface area contributed by atoms with E-state index in [0.29, 0.717) is 22.6 Å². The molecular weight excluding hydrogens is 513 g/mol. The van der Waals surface area contributed by atoms with Crippen LogP contribution in [-0.2, 0) is 4.79 Å². The number of ketones is 1. The van der Waals surface area contributed by atoms with Crippen molar-refractivity contribution in [2.75, 3.05) is 14.2 Å². The smallest absolute Gasteiger partial charge is 0.210 e.